The van der Waals surface area contributed by atoms with E-state index < -0.39 is 32.1 Å². The minimum absolute atomic E-state index is 0.103. The van der Waals surface area contributed by atoms with Crippen molar-refractivity contribution in [3.8, 4) is 0 Å². The molecular formula is C15H22N2O6S2. The SMILES string of the molecule is CCN(CC)S(=O)(=O)c1cccc(S(=O)(=O)N2CCC[C@@H]2C(=O)O)c1. The average molecular weight is 390 g/mol. The third-order valence-electron chi connectivity index (χ3n) is 4.24. The predicted molar refractivity (Wildman–Crippen MR) is 91.1 cm³/mol. The van der Waals surface area contributed by atoms with Crippen molar-refractivity contribution in [2.75, 3.05) is 19.6 Å². The van der Waals surface area contributed by atoms with E-state index in [1.54, 1.807) is 13.8 Å². The number of sulfonamides is 2. The molecule has 0 aliphatic carbocycles. The molecule has 2 rings (SSSR count). The van der Waals surface area contributed by atoms with Gasteiger partial charge in [-0.1, -0.05) is 19.9 Å². The first-order valence-corrected chi connectivity index (χ1v) is 10.9. The van der Waals surface area contributed by atoms with E-state index >= 15 is 0 Å². The normalized spacial score (nSPS) is 19.4. The van der Waals surface area contributed by atoms with Crippen molar-refractivity contribution in [2.24, 2.45) is 0 Å². The molecule has 1 aliphatic rings. The summed E-state index contributed by atoms with van der Waals surface area (Å²) >= 11 is 0. The topological polar surface area (TPSA) is 112 Å². The molecule has 1 aromatic carbocycles. The number of benzene rings is 1. The molecular weight excluding hydrogens is 368 g/mol. The smallest absolute Gasteiger partial charge is 0.322 e. The van der Waals surface area contributed by atoms with E-state index in [0.717, 1.165) is 10.4 Å². The van der Waals surface area contributed by atoms with Gasteiger partial charge in [0, 0.05) is 19.6 Å². The minimum atomic E-state index is -4.09. The summed E-state index contributed by atoms with van der Waals surface area (Å²) in [6, 6.07) is 3.96. The molecule has 1 fully saturated rings. The number of aliphatic carboxylic acids is 1. The Labute approximate surface area is 148 Å². The van der Waals surface area contributed by atoms with Crippen LogP contribution in [-0.2, 0) is 24.8 Å². The maximum atomic E-state index is 12.8. The molecule has 0 aromatic heterocycles. The van der Waals surface area contributed by atoms with Gasteiger partial charge in [-0.25, -0.2) is 16.8 Å². The molecule has 1 atom stereocenters. The van der Waals surface area contributed by atoms with Crippen molar-refractivity contribution in [1.82, 2.24) is 8.61 Å². The zero-order chi connectivity index (χ0) is 18.8. The molecule has 0 radical (unpaired) electrons. The van der Waals surface area contributed by atoms with Gasteiger partial charge in [0.1, 0.15) is 6.04 Å². The molecule has 0 spiro atoms. The Morgan fingerprint density at radius 1 is 1.20 bits per heavy atom. The number of nitrogens with zero attached hydrogens (tertiary/aromatic N) is 2. The minimum Gasteiger partial charge on any atom is -0.480 e. The third kappa shape index (κ3) is 3.71. The zero-order valence-corrected chi connectivity index (χ0v) is 15.8. The van der Waals surface area contributed by atoms with Crippen LogP contribution in [0.4, 0.5) is 0 Å². The van der Waals surface area contributed by atoms with Gasteiger partial charge in [0.25, 0.3) is 0 Å². The lowest BCUT2D eigenvalue weighted by molar-refractivity contribution is -0.140. The quantitative estimate of drug-likeness (QED) is 0.742. The fourth-order valence-corrected chi connectivity index (χ4v) is 6.19. The molecule has 0 bridgehead atoms. The fourth-order valence-electron chi connectivity index (χ4n) is 2.92. The summed E-state index contributed by atoms with van der Waals surface area (Å²) in [7, 11) is -7.89. The lowest BCUT2D eigenvalue weighted by Gasteiger charge is -2.22. The van der Waals surface area contributed by atoms with E-state index in [1.807, 2.05) is 0 Å². The van der Waals surface area contributed by atoms with Gasteiger partial charge in [0.15, 0.2) is 0 Å². The number of carboxylic acid groups (broad SMARTS) is 1. The van der Waals surface area contributed by atoms with Crippen molar-refractivity contribution >= 4 is 26.0 Å². The third-order valence-corrected chi connectivity index (χ3v) is 8.19. The summed E-state index contributed by atoms with van der Waals surface area (Å²) in [4.78, 5) is 10.9. The van der Waals surface area contributed by atoms with Gasteiger partial charge in [-0.15, -0.1) is 0 Å². The number of hydrogen-bond acceptors (Lipinski definition) is 5. The van der Waals surface area contributed by atoms with Crippen LogP contribution in [0, 0.1) is 0 Å². The van der Waals surface area contributed by atoms with Gasteiger partial charge in [-0.2, -0.15) is 8.61 Å². The molecule has 1 aromatic rings. The fraction of sp³-hybridized carbons (Fsp3) is 0.533. The lowest BCUT2D eigenvalue weighted by atomic mass is 10.2. The second-order valence-electron chi connectivity index (χ2n) is 5.68. The number of carbonyl (C=O) groups is 1. The van der Waals surface area contributed by atoms with E-state index in [2.05, 4.69) is 0 Å². The van der Waals surface area contributed by atoms with E-state index in [9.17, 15) is 26.7 Å². The van der Waals surface area contributed by atoms with Gasteiger partial charge >= 0.3 is 5.97 Å². The van der Waals surface area contributed by atoms with E-state index in [-0.39, 0.29) is 35.8 Å². The number of hydrogen-bond donors (Lipinski definition) is 1. The van der Waals surface area contributed by atoms with E-state index in [4.69, 9.17) is 0 Å². The summed E-state index contributed by atoms with van der Waals surface area (Å²) in [5.41, 5.74) is 0. The van der Waals surface area contributed by atoms with Crippen LogP contribution in [-0.4, -0.2) is 62.2 Å². The largest absolute Gasteiger partial charge is 0.480 e. The van der Waals surface area contributed by atoms with Crippen LogP contribution in [0.5, 0.6) is 0 Å². The van der Waals surface area contributed by atoms with Crippen LogP contribution in [0.2, 0.25) is 0 Å². The molecule has 1 N–H and O–H groups in total. The maximum absolute atomic E-state index is 12.8. The van der Waals surface area contributed by atoms with Crippen LogP contribution in [0.3, 0.4) is 0 Å². The maximum Gasteiger partial charge on any atom is 0.322 e. The summed E-state index contributed by atoms with van der Waals surface area (Å²) < 4.78 is 52.9. The van der Waals surface area contributed by atoms with E-state index in [0.29, 0.717) is 6.42 Å². The molecule has 10 heteroatoms. The van der Waals surface area contributed by atoms with Crippen LogP contribution in [0.15, 0.2) is 34.1 Å². The molecule has 1 heterocycles. The molecule has 140 valence electrons. The second kappa shape index (κ2) is 7.40. The molecule has 0 unspecified atom stereocenters. The highest BCUT2D eigenvalue weighted by Gasteiger charge is 2.39. The Bertz CT molecular complexity index is 847. The Hall–Kier alpha value is -1.49. The van der Waals surface area contributed by atoms with Crippen molar-refractivity contribution in [2.45, 2.75) is 42.5 Å². The van der Waals surface area contributed by atoms with Crippen LogP contribution in [0.1, 0.15) is 26.7 Å². The Morgan fingerprint density at radius 2 is 1.80 bits per heavy atom. The highest BCUT2D eigenvalue weighted by molar-refractivity contribution is 7.90. The van der Waals surface area contributed by atoms with Gasteiger partial charge in [-0.3, -0.25) is 4.79 Å². The highest BCUT2D eigenvalue weighted by atomic mass is 32.2. The van der Waals surface area contributed by atoms with Crippen molar-refractivity contribution < 1.29 is 26.7 Å². The molecule has 0 saturated carbocycles. The zero-order valence-electron chi connectivity index (χ0n) is 14.1. The molecule has 1 saturated heterocycles. The van der Waals surface area contributed by atoms with Gasteiger partial charge < -0.3 is 5.11 Å². The Balaban J connectivity index is 2.46. The second-order valence-corrected chi connectivity index (χ2v) is 9.50. The van der Waals surface area contributed by atoms with Crippen LogP contribution >= 0.6 is 0 Å². The average Bonchev–Trinajstić information content (AvgIpc) is 3.06. The summed E-state index contributed by atoms with van der Waals surface area (Å²) in [6.45, 7) is 4.03. The van der Waals surface area contributed by atoms with Gasteiger partial charge in [0.05, 0.1) is 9.79 Å². The summed E-state index contributed by atoms with van der Waals surface area (Å²) in [6.07, 6.45) is 0.694. The Morgan fingerprint density at radius 3 is 2.36 bits per heavy atom. The van der Waals surface area contributed by atoms with Gasteiger partial charge in [0.2, 0.25) is 20.0 Å². The summed E-state index contributed by atoms with van der Waals surface area (Å²) in [5, 5.41) is 9.21. The van der Waals surface area contributed by atoms with E-state index in [1.165, 1.54) is 22.5 Å². The number of rotatable bonds is 7. The standard InChI is InChI=1S/C15H22N2O6S2/c1-3-16(4-2)24(20,21)12-7-5-8-13(11-12)25(22,23)17-10-6-9-14(17)15(18)19/h5,7-8,11,14H,3-4,6,9-10H2,1-2H3,(H,18,19)/t14-/m1/s1. The molecule has 25 heavy (non-hydrogen) atoms. The monoisotopic (exact) mass is 390 g/mol. The first-order chi connectivity index (χ1) is 11.7. The van der Waals surface area contributed by atoms with Crippen molar-refractivity contribution in [1.29, 1.82) is 0 Å². The lowest BCUT2D eigenvalue weighted by Crippen LogP contribution is -2.40. The Kier molecular flexibility index (Phi) is 5.87. The van der Waals surface area contributed by atoms with Crippen LogP contribution < -0.4 is 0 Å². The van der Waals surface area contributed by atoms with Gasteiger partial charge in [-0.05, 0) is 31.0 Å². The van der Waals surface area contributed by atoms with Crippen molar-refractivity contribution in [3.63, 3.8) is 0 Å². The molecule has 1 aliphatic heterocycles. The van der Waals surface area contributed by atoms with Crippen LogP contribution in [0.25, 0.3) is 0 Å². The summed E-state index contributed by atoms with van der Waals surface area (Å²) in [5.74, 6) is -1.20. The first-order valence-electron chi connectivity index (χ1n) is 8.01. The number of carboxylic acids is 1. The predicted octanol–water partition coefficient (Wildman–Crippen LogP) is 0.955. The highest BCUT2D eigenvalue weighted by Crippen LogP contribution is 2.28. The van der Waals surface area contributed by atoms with Crippen molar-refractivity contribution in [3.05, 3.63) is 24.3 Å². The molecule has 0 amide bonds. The molecule has 8 nitrogen and oxygen atoms in total. The first kappa shape index (κ1) is 19.8.